The van der Waals surface area contributed by atoms with Gasteiger partial charge in [-0.2, -0.15) is 23.5 Å². The highest BCUT2D eigenvalue weighted by Gasteiger charge is 2.41. The highest BCUT2D eigenvalue weighted by atomic mass is 32.2. The minimum atomic E-state index is -1.90. The SMILES string of the molecule is CCC[C@@H]1NC(=O)[C@H](Cc2ccc(O)cc2)NC(=O)[C@H](CCC(=O)O)NC(=O)[C@H](CC2CCCCC2)NC(=O)[C@H](Cc2c[nH]c3[nH+]cccc23)NC(=O)[C@H]([C@@H](C)O)NC(=O)[C@H](Cc2cnc[nH]2)NC(=O)[C@H](Cc2ccc(O)cc2)NC(=O)[C@H](C(C)(C)C)NC(=O)CCSCc2cccc(c2)CSC[C@@H](C(N)=O)NC(=O)[C@H]([C@@H](C)O)NC1=O. The third-order valence-corrected chi connectivity index (χ3v) is 22.3. The van der Waals surface area contributed by atoms with Gasteiger partial charge in [0.2, 0.25) is 70.9 Å². The number of nitrogens with zero attached hydrogens (tertiary/aromatic N) is 1. The van der Waals surface area contributed by atoms with Gasteiger partial charge in [-0.15, -0.1) is 0 Å². The van der Waals surface area contributed by atoms with Gasteiger partial charge in [0.1, 0.15) is 78.0 Å². The van der Waals surface area contributed by atoms with Gasteiger partial charge in [0, 0.05) is 79.0 Å². The van der Waals surface area contributed by atoms with Crippen molar-refractivity contribution in [2.45, 2.75) is 228 Å². The fraction of sp³-hybridized carbons (Fsp3) is 0.494. The molecule has 632 valence electrons. The van der Waals surface area contributed by atoms with Gasteiger partial charge in [-0.1, -0.05) is 115 Å². The number of amides is 12. The number of aromatic nitrogens is 4. The van der Waals surface area contributed by atoms with Gasteiger partial charge >= 0.3 is 5.97 Å². The molecule has 2 bridgehead atoms. The number of imidazole rings is 1. The number of aliphatic hydroxyl groups is 2. The van der Waals surface area contributed by atoms with Crippen LogP contribution in [0.4, 0.5) is 0 Å². The number of H-pyrrole nitrogens is 3. The van der Waals surface area contributed by atoms with Crippen LogP contribution in [0.1, 0.15) is 146 Å². The minimum absolute atomic E-state index is 0.0388. The molecule has 13 atom stereocenters. The number of hydrogen-bond donors (Lipinski definition) is 19. The molecule has 8 rings (SSSR count). The Kier molecular flexibility index (Phi) is 34.6. The Balaban J connectivity index is 1.16. The second-order valence-electron chi connectivity index (χ2n) is 30.8. The van der Waals surface area contributed by atoms with Crippen molar-refractivity contribution >= 4 is 111 Å². The van der Waals surface area contributed by atoms with Crippen LogP contribution >= 0.6 is 23.5 Å². The van der Waals surface area contributed by atoms with E-state index in [2.05, 4.69) is 78.4 Å². The number of fused-ring (bicyclic) bond motifs is 3. The van der Waals surface area contributed by atoms with Crippen LogP contribution in [0.3, 0.4) is 0 Å². The van der Waals surface area contributed by atoms with Crippen LogP contribution in [-0.2, 0) is 99.5 Å². The zero-order valence-electron chi connectivity index (χ0n) is 66.3. The zero-order chi connectivity index (χ0) is 85.0. The second kappa shape index (κ2) is 44.3. The van der Waals surface area contributed by atoms with Crippen molar-refractivity contribution in [3.8, 4) is 11.5 Å². The van der Waals surface area contributed by atoms with E-state index < -0.39 is 174 Å². The van der Waals surface area contributed by atoms with E-state index in [9.17, 15) is 63.9 Å². The topological polar surface area (TPSA) is 540 Å². The zero-order valence-corrected chi connectivity index (χ0v) is 67.9. The number of phenols is 2. The molecule has 0 saturated heterocycles. The van der Waals surface area contributed by atoms with Crippen molar-refractivity contribution in [3.63, 3.8) is 0 Å². The molecular weight excluding hydrogens is 1550 g/mol. The summed E-state index contributed by atoms with van der Waals surface area (Å²) in [5.41, 5.74) is 8.66. The van der Waals surface area contributed by atoms with Gasteiger partial charge in [-0.3, -0.25) is 62.3 Å². The molecule has 4 heterocycles. The van der Waals surface area contributed by atoms with Gasteiger partial charge in [-0.25, -0.2) is 15.0 Å². The van der Waals surface area contributed by atoms with E-state index in [0.29, 0.717) is 63.5 Å². The molecule has 2 aliphatic rings. The number of aromatic hydroxyl groups is 2. The smallest absolute Gasteiger partial charge is 0.303 e. The van der Waals surface area contributed by atoms with E-state index >= 15 is 24.0 Å². The number of nitrogens with two attached hydrogens (primary N) is 1. The fourth-order valence-electron chi connectivity index (χ4n) is 13.7. The number of aromatic amines is 3. The Hall–Kier alpha value is -11.1. The molecule has 34 nitrogen and oxygen atoms in total. The average molecular weight is 1660 g/mol. The quantitative estimate of drug-likeness (QED) is 0.0575. The summed E-state index contributed by atoms with van der Waals surface area (Å²) < 4.78 is 0. The third kappa shape index (κ3) is 28.6. The third-order valence-electron chi connectivity index (χ3n) is 20.2. The Bertz CT molecular complexity index is 4400. The monoisotopic (exact) mass is 1660 g/mol. The molecule has 3 aromatic carbocycles. The molecule has 1 saturated carbocycles. The number of carbonyl (C=O) groups is 13. The van der Waals surface area contributed by atoms with Gasteiger partial charge in [-0.05, 0) is 103 Å². The summed E-state index contributed by atoms with van der Waals surface area (Å²) in [5, 5.41) is 83.0. The van der Waals surface area contributed by atoms with Crippen molar-refractivity contribution < 1.29 is 92.8 Å². The number of hydrogen-bond acceptors (Lipinski definition) is 20. The van der Waals surface area contributed by atoms with E-state index in [4.69, 9.17) is 5.73 Å². The molecule has 0 spiro atoms. The molecule has 36 heteroatoms. The van der Waals surface area contributed by atoms with E-state index in [1.165, 1.54) is 98.4 Å². The Morgan fingerprint density at radius 3 is 1.61 bits per heavy atom. The Morgan fingerprint density at radius 2 is 1.06 bits per heavy atom. The number of carboxylic acids is 1. The minimum Gasteiger partial charge on any atom is -0.508 e. The van der Waals surface area contributed by atoms with Gasteiger partial charge < -0.3 is 94.7 Å². The lowest BCUT2D eigenvalue weighted by Crippen LogP contribution is -2.63. The van der Waals surface area contributed by atoms with Crippen LogP contribution in [0.15, 0.2) is 110 Å². The number of aliphatic hydroxyl groups excluding tert-OH is 2. The number of phenolic OH excluding ortho intramolecular Hbond substituents is 2. The first kappa shape index (κ1) is 91.4. The van der Waals surface area contributed by atoms with Crippen molar-refractivity contribution in [1.29, 1.82) is 0 Å². The standard InChI is InChI=1S/C81H108N16O18S2/c1-7-13-56-72(107)96-67(45(3)99)79(114)94-63(69(82)105)42-117-41-50-17-11-16-49(32-50)40-116-31-29-64(102)95-68(81(4,5)6)80(115)93-60(35-48-21-25-54(101)26-22-48)75(110)91-62(37-52-39-83-43-86-52)77(112)97-66(44(2)98)78(113)92-61(36-51-38-85-70-55(51)18-12-30-84-70)76(111)90-58(33-46-14-9-8-10-15-46)74(109)88-57(27-28-65(103)104)71(106)89-59(73(108)87-56)34-47-19-23-53(100)24-20-47/h11-12,16-26,30,32,38-39,43-46,56-63,66-68,98-101H,7-10,13-15,27-29,31,33-37,40-42H2,1-6H3,(H2,82,105)(H,83,86)(H,84,85)(H,87,108)(H,88,109)(H,89,106)(H,90,111)(H,91,110)(H,92,113)(H,93,115)(H,94,114)(H,95,102)(H,96,107)(H,97,112)(H,103,104)/p+1/t44-,45-,56+,57+,58+,59+,60+,61+,62+,63+,66+,67+,68-/m1/s1. The first-order chi connectivity index (χ1) is 55.7. The molecule has 6 aromatic rings. The Labute approximate surface area is 685 Å². The molecule has 117 heavy (non-hydrogen) atoms. The second-order valence-corrected chi connectivity index (χ2v) is 32.9. The van der Waals surface area contributed by atoms with E-state index in [1.807, 2.05) is 24.3 Å². The fourth-order valence-corrected chi connectivity index (χ4v) is 15.6. The van der Waals surface area contributed by atoms with Gasteiger partial charge in [0.25, 0.3) is 5.65 Å². The predicted molar refractivity (Wildman–Crippen MR) is 434 cm³/mol. The molecule has 12 amide bonds. The summed E-state index contributed by atoms with van der Waals surface area (Å²) in [4.78, 5) is 201. The van der Waals surface area contributed by atoms with E-state index in [0.717, 1.165) is 30.4 Å². The summed E-state index contributed by atoms with van der Waals surface area (Å²) >= 11 is 2.68. The maximum Gasteiger partial charge on any atom is 0.303 e. The molecule has 1 aliphatic heterocycles. The van der Waals surface area contributed by atoms with Crippen molar-refractivity contribution in [3.05, 3.63) is 143 Å². The summed E-state index contributed by atoms with van der Waals surface area (Å²) in [6.07, 6.45) is 3.84. The van der Waals surface area contributed by atoms with Gasteiger partial charge in [0.05, 0.1) is 36.3 Å². The molecule has 21 N–H and O–H groups in total. The summed E-state index contributed by atoms with van der Waals surface area (Å²) in [5.74, 6) is -12.1. The molecule has 1 aliphatic carbocycles. The molecule has 0 unspecified atom stereocenters. The molecular formula is C81H109N16O18S2+. The maximum absolute atomic E-state index is 15.4. The summed E-state index contributed by atoms with van der Waals surface area (Å²) in [7, 11) is 0. The lowest BCUT2D eigenvalue weighted by atomic mass is 9.84. The van der Waals surface area contributed by atoms with Crippen LogP contribution in [0.5, 0.6) is 11.5 Å². The van der Waals surface area contributed by atoms with Crippen LogP contribution in [0, 0.1) is 11.3 Å². The maximum atomic E-state index is 15.4. The molecule has 1 fully saturated rings. The number of carboxylic acid groups (broad SMARTS) is 1. The van der Waals surface area contributed by atoms with Crippen molar-refractivity contribution in [1.82, 2.24) is 73.4 Å². The van der Waals surface area contributed by atoms with Crippen LogP contribution in [0.25, 0.3) is 11.0 Å². The van der Waals surface area contributed by atoms with Crippen molar-refractivity contribution in [2.75, 3.05) is 11.5 Å². The summed E-state index contributed by atoms with van der Waals surface area (Å²) in [6.45, 7) is 9.25. The normalized spacial score (nSPS) is 24.1. The number of thioether (sulfide) groups is 2. The van der Waals surface area contributed by atoms with Crippen molar-refractivity contribution in [2.24, 2.45) is 17.1 Å². The molecule has 0 radical (unpaired) electrons. The van der Waals surface area contributed by atoms with Crippen LogP contribution in [-0.4, -0.2) is 208 Å². The van der Waals surface area contributed by atoms with Gasteiger partial charge in [0.15, 0.2) is 0 Å². The largest absolute Gasteiger partial charge is 0.508 e. The first-order valence-electron chi connectivity index (χ1n) is 39.2. The highest BCUT2D eigenvalue weighted by molar-refractivity contribution is 7.98. The number of rotatable bonds is 18. The summed E-state index contributed by atoms with van der Waals surface area (Å²) in [6, 6.07) is 4.92. The van der Waals surface area contributed by atoms with E-state index in [-0.39, 0.29) is 74.5 Å². The lowest BCUT2D eigenvalue weighted by molar-refractivity contribution is -0.347. The average Bonchev–Trinajstić information content (AvgIpc) is 1.68. The molecule has 3 aromatic heterocycles. The first-order valence-corrected chi connectivity index (χ1v) is 41.5. The number of primary amides is 1. The van der Waals surface area contributed by atoms with Crippen LogP contribution < -0.4 is 69.2 Å². The highest BCUT2D eigenvalue weighted by Crippen LogP contribution is 2.29. The Morgan fingerprint density at radius 1 is 0.564 bits per heavy atom. The van der Waals surface area contributed by atoms with Crippen LogP contribution in [0.2, 0.25) is 0 Å². The number of carbonyl (C=O) groups excluding carboxylic acids is 12. The number of benzene rings is 3. The number of pyridine rings is 1. The van der Waals surface area contributed by atoms with E-state index in [1.54, 1.807) is 52.2 Å². The number of aliphatic carboxylic acids is 1. The number of nitrogens with one attached hydrogen (secondary N) is 14. The lowest BCUT2D eigenvalue weighted by Gasteiger charge is -2.32. The predicted octanol–water partition coefficient (Wildman–Crippen LogP) is 1.22.